The van der Waals surface area contributed by atoms with Crippen LogP contribution >= 0.6 is 11.3 Å². The number of rotatable bonds is 6. The highest BCUT2D eigenvalue weighted by Crippen LogP contribution is 2.26. The molecule has 0 unspecified atom stereocenters. The van der Waals surface area contributed by atoms with Crippen molar-refractivity contribution in [1.82, 2.24) is 4.31 Å². The van der Waals surface area contributed by atoms with E-state index in [4.69, 9.17) is 10.6 Å². The summed E-state index contributed by atoms with van der Waals surface area (Å²) in [6, 6.07) is 8.25. The SMILES string of the molecule is N/C(=N\OC(=O)C1CCN(S(=O)(=O)c2ccc([N+](=O)[O-])cc2)CC1)c1cccs1. The van der Waals surface area contributed by atoms with Crippen LogP contribution in [0.25, 0.3) is 0 Å². The first kappa shape index (κ1) is 20.9. The molecular weight excluding hydrogens is 420 g/mol. The molecule has 12 heteroatoms. The molecule has 0 spiro atoms. The average molecular weight is 438 g/mol. The number of nitro benzene ring substituents is 1. The molecular formula is C17H18N4O6S2. The van der Waals surface area contributed by atoms with Crippen molar-refractivity contribution in [2.75, 3.05) is 13.1 Å². The van der Waals surface area contributed by atoms with Gasteiger partial charge in [-0.1, -0.05) is 11.2 Å². The first-order valence-corrected chi connectivity index (χ1v) is 10.9. The zero-order valence-electron chi connectivity index (χ0n) is 15.1. The fourth-order valence-corrected chi connectivity index (χ4v) is 4.95. The number of nitro groups is 1. The number of hydrogen-bond acceptors (Lipinski definition) is 8. The Hall–Kier alpha value is -2.83. The Morgan fingerprint density at radius 1 is 1.24 bits per heavy atom. The molecule has 3 rings (SSSR count). The molecule has 10 nitrogen and oxygen atoms in total. The molecule has 0 radical (unpaired) electrons. The van der Waals surface area contributed by atoms with E-state index < -0.39 is 26.8 Å². The lowest BCUT2D eigenvalue weighted by Crippen LogP contribution is -2.40. The Morgan fingerprint density at radius 3 is 2.45 bits per heavy atom. The van der Waals surface area contributed by atoms with Crippen LogP contribution in [0.15, 0.2) is 51.8 Å². The van der Waals surface area contributed by atoms with Gasteiger partial charge in [0.15, 0.2) is 5.84 Å². The lowest BCUT2D eigenvalue weighted by Gasteiger charge is -2.29. The molecule has 0 aliphatic carbocycles. The number of carbonyl (C=O) groups is 1. The molecule has 2 N–H and O–H groups in total. The third-order valence-corrected chi connectivity index (χ3v) is 7.29. The minimum atomic E-state index is -3.80. The van der Waals surface area contributed by atoms with Gasteiger partial charge in [0.25, 0.3) is 5.69 Å². The molecule has 1 aromatic heterocycles. The van der Waals surface area contributed by atoms with Crippen LogP contribution in [0.2, 0.25) is 0 Å². The highest BCUT2D eigenvalue weighted by Gasteiger charge is 2.33. The monoisotopic (exact) mass is 438 g/mol. The zero-order valence-corrected chi connectivity index (χ0v) is 16.8. The van der Waals surface area contributed by atoms with Crippen LogP contribution < -0.4 is 5.73 Å². The van der Waals surface area contributed by atoms with E-state index in [1.165, 1.54) is 27.8 Å². The third-order valence-electron chi connectivity index (χ3n) is 4.48. The summed E-state index contributed by atoms with van der Waals surface area (Å²) in [6.45, 7) is 0.256. The Balaban J connectivity index is 1.58. The predicted octanol–water partition coefficient (Wildman–Crippen LogP) is 1.92. The van der Waals surface area contributed by atoms with Crippen LogP contribution in [0.1, 0.15) is 17.7 Å². The Morgan fingerprint density at radius 2 is 1.90 bits per heavy atom. The highest BCUT2D eigenvalue weighted by molar-refractivity contribution is 7.89. The van der Waals surface area contributed by atoms with Crippen LogP contribution in [-0.2, 0) is 19.7 Å². The molecule has 29 heavy (non-hydrogen) atoms. The molecule has 154 valence electrons. The van der Waals surface area contributed by atoms with Gasteiger partial charge in [-0.15, -0.1) is 11.3 Å². The predicted molar refractivity (Wildman–Crippen MR) is 106 cm³/mol. The summed E-state index contributed by atoms with van der Waals surface area (Å²) in [5, 5.41) is 16.2. The van der Waals surface area contributed by atoms with Crippen molar-refractivity contribution >= 4 is 38.9 Å². The summed E-state index contributed by atoms with van der Waals surface area (Å²) in [4.78, 5) is 27.9. The molecule has 1 saturated heterocycles. The Bertz CT molecular complexity index is 1010. The van der Waals surface area contributed by atoms with Crippen molar-refractivity contribution in [3.8, 4) is 0 Å². The van der Waals surface area contributed by atoms with Crippen LogP contribution in [0.5, 0.6) is 0 Å². The van der Waals surface area contributed by atoms with Gasteiger partial charge in [0, 0.05) is 25.2 Å². The minimum Gasteiger partial charge on any atom is -0.380 e. The molecule has 0 bridgehead atoms. The van der Waals surface area contributed by atoms with Crippen molar-refractivity contribution in [3.63, 3.8) is 0 Å². The molecule has 2 heterocycles. The van der Waals surface area contributed by atoms with E-state index in [1.54, 1.807) is 12.1 Å². The van der Waals surface area contributed by atoms with E-state index in [-0.39, 0.29) is 42.3 Å². The third kappa shape index (κ3) is 4.78. The van der Waals surface area contributed by atoms with Gasteiger partial charge in [-0.25, -0.2) is 13.2 Å². The molecule has 0 atom stereocenters. The number of piperidine rings is 1. The van der Waals surface area contributed by atoms with E-state index >= 15 is 0 Å². The summed E-state index contributed by atoms with van der Waals surface area (Å²) < 4.78 is 26.6. The van der Waals surface area contributed by atoms with Crippen LogP contribution in [0.4, 0.5) is 5.69 Å². The molecule has 1 aliphatic rings. The number of hydrogen-bond donors (Lipinski definition) is 1. The molecule has 0 amide bonds. The number of amidine groups is 1. The van der Waals surface area contributed by atoms with E-state index in [1.807, 2.05) is 5.38 Å². The summed E-state index contributed by atoms with van der Waals surface area (Å²) in [6.07, 6.45) is 0.555. The second-order valence-electron chi connectivity index (χ2n) is 6.29. The number of oxime groups is 1. The number of carbonyl (C=O) groups excluding carboxylic acids is 1. The zero-order chi connectivity index (χ0) is 21.0. The van der Waals surface area contributed by atoms with E-state index in [0.29, 0.717) is 4.88 Å². The van der Waals surface area contributed by atoms with Crippen molar-refractivity contribution in [2.24, 2.45) is 16.8 Å². The topological polar surface area (TPSA) is 145 Å². The lowest BCUT2D eigenvalue weighted by atomic mass is 9.99. The smallest absolute Gasteiger partial charge is 0.338 e. The van der Waals surface area contributed by atoms with Gasteiger partial charge in [0.1, 0.15) is 0 Å². The molecule has 1 aliphatic heterocycles. The van der Waals surface area contributed by atoms with Gasteiger partial charge >= 0.3 is 5.97 Å². The van der Waals surface area contributed by atoms with Gasteiger partial charge in [0.2, 0.25) is 10.0 Å². The Kier molecular flexibility index (Phi) is 6.25. The molecule has 1 fully saturated rings. The number of benzene rings is 1. The van der Waals surface area contributed by atoms with Gasteiger partial charge < -0.3 is 10.6 Å². The summed E-state index contributed by atoms with van der Waals surface area (Å²) in [5.74, 6) is -0.943. The van der Waals surface area contributed by atoms with Crippen LogP contribution in [0.3, 0.4) is 0 Å². The van der Waals surface area contributed by atoms with Crippen LogP contribution in [-0.4, -0.2) is 42.5 Å². The standard InChI is InChI=1S/C17H18N4O6S2/c18-16(15-2-1-11-28-15)19-27-17(22)12-7-9-20(10-8-12)29(25,26)14-5-3-13(4-6-14)21(23)24/h1-6,11-12H,7-10H2,(H2,18,19). The highest BCUT2D eigenvalue weighted by atomic mass is 32.2. The minimum absolute atomic E-state index is 0.0301. The maximum Gasteiger partial charge on any atom is 0.338 e. The summed E-state index contributed by atoms with van der Waals surface area (Å²) >= 11 is 1.36. The van der Waals surface area contributed by atoms with E-state index in [0.717, 1.165) is 12.1 Å². The fraction of sp³-hybridized carbons (Fsp3) is 0.294. The summed E-state index contributed by atoms with van der Waals surface area (Å²) in [5.41, 5.74) is 5.56. The second kappa shape index (κ2) is 8.68. The number of sulfonamides is 1. The van der Waals surface area contributed by atoms with Crippen molar-refractivity contribution in [1.29, 1.82) is 0 Å². The van der Waals surface area contributed by atoms with Crippen molar-refractivity contribution < 1.29 is 23.0 Å². The summed E-state index contributed by atoms with van der Waals surface area (Å²) in [7, 11) is -3.80. The van der Waals surface area contributed by atoms with Gasteiger partial charge in [-0.2, -0.15) is 4.31 Å². The Labute approximate surface area is 170 Å². The molecule has 2 aromatic rings. The van der Waals surface area contributed by atoms with Crippen molar-refractivity contribution in [3.05, 3.63) is 56.8 Å². The van der Waals surface area contributed by atoms with Gasteiger partial charge in [-0.05, 0) is 36.4 Å². The molecule has 1 aromatic carbocycles. The first-order valence-electron chi connectivity index (χ1n) is 8.62. The fourth-order valence-electron chi connectivity index (χ4n) is 2.86. The first-order chi connectivity index (χ1) is 13.8. The van der Waals surface area contributed by atoms with E-state index in [9.17, 15) is 23.3 Å². The van der Waals surface area contributed by atoms with Crippen LogP contribution in [0, 0.1) is 16.0 Å². The number of thiophene rings is 1. The molecule has 0 saturated carbocycles. The maximum absolute atomic E-state index is 12.7. The normalized spacial score (nSPS) is 16.5. The van der Waals surface area contributed by atoms with Crippen molar-refractivity contribution in [2.45, 2.75) is 17.7 Å². The quantitative estimate of drug-likeness (QED) is 0.238. The maximum atomic E-state index is 12.7. The van der Waals surface area contributed by atoms with Gasteiger partial charge in [-0.3, -0.25) is 10.1 Å². The van der Waals surface area contributed by atoms with E-state index in [2.05, 4.69) is 5.16 Å². The second-order valence-corrected chi connectivity index (χ2v) is 9.18. The number of nitrogens with zero attached hydrogens (tertiary/aromatic N) is 3. The largest absolute Gasteiger partial charge is 0.380 e. The number of nitrogens with two attached hydrogens (primary N) is 1. The average Bonchev–Trinajstić information content (AvgIpc) is 3.27. The van der Waals surface area contributed by atoms with Gasteiger partial charge in [0.05, 0.1) is 20.6 Å². The lowest BCUT2D eigenvalue weighted by molar-refractivity contribution is -0.384. The number of non-ortho nitro benzene ring substituents is 1.